The summed E-state index contributed by atoms with van der Waals surface area (Å²) in [5.41, 5.74) is 0. The molecule has 14 heavy (non-hydrogen) atoms. The Morgan fingerprint density at radius 1 is 1.36 bits per heavy atom. The van der Waals surface area contributed by atoms with Crippen molar-refractivity contribution in [1.82, 2.24) is 0 Å². The van der Waals surface area contributed by atoms with Crippen LogP contribution in [-0.2, 0) is 19.1 Å². The molecule has 4 nitrogen and oxygen atoms in total. The first-order valence-electron chi connectivity index (χ1n) is 4.09. The molecule has 0 atom stereocenters. The molecule has 0 spiro atoms. The van der Waals surface area contributed by atoms with Crippen LogP contribution in [0.1, 0.15) is 13.3 Å². The predicted molar refractivity (Wildman–Crippen MR) is 43.1 cm³/mol. The molecule has 0 fully saturated rings. The number of carbonyl (C=O) groups excluding carboxylic acids is 2. The van der Waals surface area contributed by atoms with Gasteiger partial charge < -0.3 is 9.47 Å². The number of hydrogen-bond acceptors (Lipinski definition) is 4. The number of esters is 1. The maximum atomic E-state index is 11.5. The molecule has 0 saturated heterocycles. The van der Waals surface area contributed by atoms with Crippen LogP contribution in [0, 0.1) is 0 Å². The summed E-state index contributed by atoms with van der Waals surface area (Å²) in [4.78, 5) is 21.5. The Hall–Kier alpha value is -1.04. The van der Waals surface area contributed by atoms with Gasteiger partial charge in [0.15, 0.2) is 5.78 Å². The van der Waals surface area contributed by atoms with Gasteiger partial charge in [0, 0.05) is 0 Å². The van der Waals surface area contributed by atoms with Gasteiger partial charge in [0.1, 0.15) is 19.6 Å². The van der Waals surface area contributed by atoms with Crippen molar-refractivity contribution in [2.24, 2.45) is 0 Å². The third-order valence-corrected chi connectivity index (χ3v) is 1.15. The lowest BCUT2D eigenvalue weighted by molar-refractivity contribution is -0.146. The molecule has 0 aliphatic heterocycles. The summed E-state index contributed by atoms with van der Waals surface area (Å²) in [7, 11) is 0. The largest absolute Gasteiger partial charge is 0.466 e. The fourth-order valence-corrected chi connectivity index (χ4v) is 0.686. The molecule has 0 aromatic rings. The number of rotatable bonds is 7. The van der Waals surface area contributed by atoms with Crippen LogP contribution in [0.2, 0.25) is 0 Å². The number of hydrogen-bond donors (Lipinski definition) is 0. The third-order valence-electron chi connectivity index (χ3n) is 1.15. The molecule has 0 N–H and O–H groups in total. The van der Waals surface area contributed by atoms with Crippen molar-refractivity contribution in [2.75, 3.05) is 19.8 Å². The van der Waals surface area contributed by atoms with Gasteiger partial charge in [-0.25, -0.2) is 8.78 Å². The Balaban J connectivity index is 3.50. The van der Waals surface area contributed by atoms with Gasteiger partial charge in [0.25, 0.3) is 6.43 Å². The highest BCUT2D eigenvalue weighted by Crippen LogP contribution is 1.94. The first-order chi connectivity index (χ1) is 6.56. The Morgan fingerprint density at radius 3 is 2.50 bits per heavy atom. The Bertz CT molecular complexity index is 194. The quantitative estimate of drug-likeness (QED) is 0.460. The zero-order valence-corrected chi connectivity index (χ0v) is 7.79. The SMILES string of the molecule is CCOC(=O)CC(=O)COCC(F)F. The number of Topliss-reactive ketones (excluding diaryl/α,β-unsaturated/α-hetero) is 1. The number of alkyl halides is 2. The van der Waals surface area contributed by atoms with Gasteiger partial charge >= 0.3 is 5.97 Å². The summed E-state index contributed by atoms with van der Waals surface area (Å²) >= 11 is 0. The minimum atomic E-state index is -2.61. The molecule has 82 valence electrons. The van der Waals surface area contributed by atoms with Gasteiger partial charge in [-0.05, 0) is 6.92 Å². The van der Waals surface area contributed by atoms with E-state index in [1.54, 1.807) is 6.92 Å². The molecular weight excluding hydrogens is 198 g/mol. The Kier molecular flexibility index (Phi) is 6.82. The van der Waals surface area contributed by atoms with Crippen LogP contribution in [0.4, 0.5) is 8.78 Å². The normalized spacial score (nSPS) is 10.3. The van der Waals surface area contributed by atoms with Crippen LogP contribution in [0.15, 0.2) is 0 Å². The zero-order valence-electron chi connectivity index (χ0n) is 7.79. The molecule has 0 aromatic carbocycles. The summed E-state index contributed by atoms with van der Waals surface area (Å²) in [5.74, 6) is -1.23. The highest BCUT2D eigenvalue weighted by Gasteiger charge is 2.11. The number of halogens is 2. The monoisotopic (exact) mass is 210 g/mol. The highest BCUT2D eigenvalue weighted by atomic mass is 19.3. The first kappa shape index (κ1) is 13.0. The van der Waals surface area contributed by atoms with Gasteiger partial charge in [0.05, 0.1) is 6.61 Å². The molecule has 0 aromatic heterocycles. The molecule has 0 aliphatic rings. The van der Waals surface area contributed by atoms with Gasteiger partial charge in [-0.3, -0.25) is 9.59 Å². The topological polar surface area (TPSA) is 52.6 Å². The molecule has 0 unspecified atom stereocenters. The maximum absolute atomic E-state index is 11.5. The van der Waals surface area contributed by atoms with Crippen molar-refractivity contribution in [3.63, 3.8) is 0 Å². The summed E-state index contributed by atoms with van der Waals surface area (Å²) in [6, 6.07) is 0. The van der Waals surface area contributed by atoms with E-state index in [2.05, 4.69) is 9.47 Å². The lowest BCUT2D eigenvalue weighted by Gasteiger charge is -2.02. The minimum absolute atomic E-state index is 0.185. The molecular formula is C8H12F2O4. The van der Waals surface area contributed by atoms with Crippen LogP contribution < -0.4 is 0 Å². The van der Waals surface area contributed by atoms with Gasteiger partial charge in [-0.1, -0.05) is 0 Å². The summed E-state index contributed by atoms with van der Waals surface area (Å²) < 4.78 is 31.9. The summed E-state index contributed by atoms with van der Waals surface area (Å²) in [5, 5.41) is 0. The summed E-state index contributed by atoms with van der Waals surface area (Å²) in [6.45, 7) is 0.511. The molecule has 0 aliphatic carbocycles. The third kappa shape index (κ3) is 7.60. The van der Waals surface area contributed by atoms with E-state index in [9.17, 15) is 18.4 Å². The van der Waals surface area contributed by atoms with E-state index in [0.717, 1.165) is 0 Å². The Labute approximate surface area is 80.2 Å². The smallest absolute Gasteiger partial charge is 0.313 e. The lowest BCUT2D eigenvalue weighted by atomic mass is 10.3. The van der Waals surface area contributed by atoms with E-state index in [0.29, 0.717) is 0 Å². The fourth-order valence-electron chi connectivity index (χ4n) is 0.686. The summed E-state index contributed by atoms with van der Waals surface area (Å²) in [6.07, 6.45) is -3.04. The van der Waals surface area contributed by atoms with Crippen LogP contribution in [-0.4, -0.2) is 38.0 Å². The van der Waals surface area contributed by atoms with Crippen LogP contribution in [0.25, 0.3) is 0 Å². The average Bonchev–Trinajstić information content (AvgIpc) is 2.03. The molecule has 0 heterocycles. The van der Waals surface area contributed by atoms with Gasteiger partial charge in [-0.2, -0.15) is 0 Å². The second-order valence-corrected chi connectivity index (χ2v) is 2.43. The van der Waals surface area contributed by atoms with Crippen molar-refractivity contribution in [1.29, 1.82) is 0 Å². The van der Waals surface area contributed by atoms with Crippen LogP contribution in [0.5, 0.6) is 0 Å². The number of ether oxygens (including phenoxy) is 2. The molecule has 0 amide bonds. The minimum Gasteiger partial charge on any atom is -0.466 e. The van der Waals surface area contributed by atoms with E-state index in [4.69, 9.17) is 0 Å². The van der Waals surface area contributed by atoms with Crippen molar-refractivity contribution < 1.29 is 27.8 Å². The van der Waals surface area contributed by atoms with Crippen molar-refractivity contribution in [3.8, 4) is 0 Å². The number of ketones is 1. The molecule has 0 radical (unpaired) electrons. The second-order valence-electron chi connectivity index (χ2n) is 2.43. The van der Waals surface area contributed by atoms with E-state index >= 15 is 0 Å². The van der Waals surface area contributed by atoms with Crippen LogP contribution >= 0.6 is 0 Å². The molecule has 6 heteroatoms. The molecule has 0 bridgehead atoms. The average molecular weight is 210 g/mol. The maximum Gasteiger partial charge on any atom is 0.313 e. The lowest BCUT2D eigenvalue weighted by Crippen LogP contribution is -2.17. The fraction of sp³-hybridized carbons (Fsp3) is 0.750. The van der Waals surface area contributed by atoms with E-state index in [1.165, 1.54) is 0 Å². The van der Waals surface area contributed by atoms with Gasteiger partial charge in [-0.15, -0.1) is 0 Å². The second kappa shape index (κ2) is 7.37. The zero-order chi connectivity index (χ0) is 11.0. The highest BCUT2D eigenvalue weighted by molar-refractivity contribution is 5.96. The van der Waals surface area contributed by atoms with Crippen LogP contribution in [0.3, 0.4) is 0 Å². The predicted octanol–water partition coefficient (Wildman–Crippen LogP) is 0.790. The number of carbonyl (C=O) groups is 2. The van der Waals surface area contributed by atoms with E-state index < -0.39 is 37.8 Å². The van der Waals surface area contributed by atoms with E-state index in [-0.39, 0.29) is 6.61 Å². The van der Waals surface area contributed by atoms with E-state index in [1.807, 2.05) is 0 Å². The standard InChI is InChI=1S/C8H12F2O4/c1-2-14-8(12)3-6(11)4-13-5-7(9)10/h7H,2-5H2,1H3. The molecule has 0 saturated carbocycles. The van der Waals surface area contributed by atoms with Gasteiger partial charge in [0.2, 0.25) is 0 Å². The van der Waals surface area contributed by atoms with Crippen molar-refractivity contribution >= 4 is 11.8 Å². The molecule has 0 rings (SSSR count). The Morgan fingerprint density at radius 2 is 2.00 bits per heavy atom. The first-order valence-corrected chi connectivity index (χ1v) is 4.09. The van der Waals surface area contributed by atoms with Crippen molar-refractivity contribution in [3.05, 3.63) is 0 Å². The van der Waals surface area contributed by atoms with Crippen molar-refractivity contribution in [2.45, 2.75) is 19.8 Å².